The number of hydrogen-bond donors (Lipinski definition) is 0. The van der Waals surface area contributed by atoms with Crippen LogP contribution < -0.4 is 4.74 Å². The van der Waals surface area contributed by atoms with Crippen molar-refractivity contribution in [3.8, 4) is 5.75 Å². The number of carbonyl (C=O) groups excluding carboxylic acids is 1. The van der Waals surface area contributed by atoms with E-state index in [1.54, 1.807) is 6.92 Å². The zero-order valence-electron chi connectivity index (χ0n) is 18.3. The molecule has 0 bridgehead atoms. The standard InChI is InChI=1S/C27H27ClO4/c1-3-31-27(29)26(30-2)19-20-13-15-22(16-14-20)32-18-17-23(21-9-5-4-6-10-21)24-11-7-8-12-25(24)28/h4-17,26H,3,18-19H2,1-2H3/b23-17+. The van der Waals surface area contributed by atoms with Crippen LogP contribution in [0.2, 0.25) is 5.02 Å². The van der Waals surface area contributed by atoms with Crippen LogP contribution in [0.4, 0.5) is 0 Å². The molecule has 0 aliphatic carbocycles. The third-order valence-corrected chi connectivity index (χ3v) is 5.29. The highest BCUT2D eigenvalue weighted by Gasteiger charge is 2.19. The Morgan fingerprint density at radius 1 is 0.969 bits per heavy atom. The van der Waals surface area contributed by atoms with Crippen molar-refractivity contribution >= 4 is 23.1 Å². The average Bonchev–Trinajstić information content (AvgIpc) is 2.82. The fourth-order valence-electron chi connectivity index (χ4n) is 3.34. The van der Waals surface area contributed by atoms with E-state index in [1.807, 2.05) is 72.8 Å². The molecule has 3 aromatic rings. The minimum atomic E-state index is -0.617. The van der Waals surface area contributed by atoms with Gasteiger partial charge in [-0.15, -0.1) is 0 Å². The molecule has 0 N–H and O–H groups in total. The van der Waals surface area contributed by atoms with Crippen LogP contribution in [0.1, 0.15) is 23.6 Å². The molecule has 0 fully saturated rings. The number of benzene rings is 3. The van der Waals surface area contributed by atoms with E-state index in [9.17, 15) is 4.79 Å². The van der Waals surface area contributed by atoms with E-state index in [2.05, 4.69) is 12.1 Å². The third-order valence-electron chi connectivity index (χ3n) is 4.96. The number of hydrogen-bond acceptors (Lipinski definition) is 4. The number of methoxy groups -OCH3 is 1. The van der Waals surface area contributed by atoms with E-state index in [4.69, 9.17) is 25.8 Å². The molecule has 0 saturated carbocycles. The first-order chi connectivity index (χ1) is 15.6. The van der Waals surface area contributed by atoms with Crippen LogP contribution in [0, 0.1) is 0 Å². The highest BCUT2D eigenvalue weighted by atomic mass is 35.5. The number of ether oxygens (including phenoxy) is 3. The summed E-state index contributed by atoms with van der Waals surface area (Å²) in [5.74, 6) is 0.384. The summed E-state index contributed by atoms with van der Waals surface area (Å²) in [4.78, 5) is 11.9. The molecular weight excluding hydrogens is 424 g/mol. The number of halogens is 1. The number of carbonyl (C=O) groups is 1. The zero-order chi connectivity index (χ0) is 22.8. The molecule has 32 heavy (non-hydrogen) atoms. The number of esters is 1. The minimum absolute atomic E-state index is 0.331. The van der Waals surface area contributed by atoms with Crippen LogP contribution in [0.25, 0.3) is 5.57 Å². The monoisotopic (exact) mass is 450 g/mol. The van der Waals surface area contributed by atoms with Crippen LogP contribution in [0.3, 0.4) is 0 Å². The van der Waals surface area contributed by atoms with Gasteiger partial charge >= 0.3 is 5.97 Å². The second kappa shape index (κ2) is 12.1. The van der Waals surface area contributed by atoms with Crippen molar-refractivity contribution in [1.82, 2.24) is 0 Å². The Morgan fingerprint density at radius 2 is 1.66 bits per heavy atom. The molecule has 166 valence electrons. The van der Waals surface area contributed by atoms with Gasteiger partial charge in [0.2, 0.25) is 0 Å². The fourth-order valence-corrected chi connectivity index (χ4v) is 3.57. The molecule has 1 unspecified atom stereocenters. The largest absolute Gasteiger partial charge is 0.490 e. The van der Waals surface area contributed by atoms with Crippen LogP contribution in [-0.2, 0) is 20.7 Å². The minimum Gasteiger partial charge on any atom is -0.490 e. The van der Waals surface area contributed by atoms with E-state index < -0.39 is 6.10 Å². The lowest BCUT2D eigenvalue weighted by atomic mass is 9.97. The van der Waals surface area contributed by atoms with Gasteiger partial charge in [0.15, 0.2) is 6.10 Å². The van der Waals surface area contributed by atoms with Gasteiger partial charge in [0.05, 0.1) is 6.61 Å². The normalized spacial score (nSPS) is 12.3. The molecule has 0 aliphatic heterocycles. The maximum absolute atomic E-state index is 11.9. The van der Waals surface area contributed by atoms with Crippen LogP contribution in [0.15, 0.2) is 84.9 Å². The molecular formula is C27H27ClO4. The predicted octanol–water partition coefficient (Wildman–Crippen LogP) is 5.97. The van der Waals surface area contributed by atoms with Crippen molar-refractivity contribution < 1.29 is 19.0 Å². The lowest BCUT2D eigenvalue weighted by Gasteiger charge is -2.14. The average molecular weight is 451 g/mol. The van der Waals surface area contributed by atoms with Crippen molar-refractivity contribution in [3.05, 3.63) is 107 Å². The van der Waals surface area contributed by atoms with Crippen molar-refractivity contribution in [2.75, 3.05) is 20.3 Å². The summed E-state index contributed by atoms with van der Waals surface area (Å²) in [6, 6.07) is 25.5. The van der Waals surface area contributed by atoms with Gasteiger partial charge in [0, 0.05) is 24.1 Å². The van der Waals surface area contributed by atoms with E-state index in [1.165, 1.54) is 7.11 Å². The molecule has 0 radical (unpaired) electrons. The molecule has 0 heterocycles. The Bertz CT molecular complexity index is 1030. The predicted molar refractivity (Wildman–Crippen MR) is 128 cm³/mol. The van der Waals surface area contributed by atoms with Crippen LogP contribution in [-0.4, -0.2) is 32.4 Å². The zero-order valence-corrected chi connectivity index (χ0v) is 19.0. The smallest absolute Gasteiger partial charge is 0.335 e. The summed E-state index contributed by atoms with van der Waals surface area (Å²) in [7, 11) is 1.51. The Kier molecular flexibility index (Phi) is 8.90. The SMILES string of the molecule is CCOC(=O)C(Cc1ccc(OC/C=C(\c2ccccc2)c2ccccc2Cl)cc1)OC. The van der Waals surface area contributed by atoms with E-state index in [-0.39, 0.29) is 5.97 Å². The van der Waals surface area contributed by atoms with E-state index >= 15 is 0 Å². The second-order valence-electron chi connectivity index (χ2n) is 7.10. The van der Waals surface area contributed by atoms with Crippen LogP contribution >= 0.6 is 11.6 Å². The molecule has 5 heteroatoms. The Hall–Kier alpha value is -3.08. The molecule has 3 aromatic carbocycles. The Morgan fingerprint density at radius 3 is 2.31 bits per heavy atom. The van der Waals surface area contributed by atoms with Gasteiger partial charge in [0.25, 0.3) is 0 Å². The topological polar surface area (TPSA) is 44.8 Å². The maximum atomic E-state index is 11.9. The van der Waals surface area contributed by atoms with Crippen LogP contribution in [0.5, 0.6) is 5.75 Å². The fraction of sp³-hybridized carbons (Fsp3) is 0.222. The highest BCUT2D eigenvalue weighted by Crippen LogP contribution is 2.29. The summed E-state index contributed by atoms with van der Waals surface area (Å²) in [5, 5.41) is 0.696. The van der Waals surface area contributed by atoms with Gasteiger partial charge in [-0.2, -0.15) is 0 Å². The molecule has 3 rings (SSSR count). The molecule has 0 aliphatic rings. The first kappa shape index (κ1) is 23.6. The molecule has 1 atom stereocenters. The van der Waals surface area contributed by atoms with Gasteiger partial charge < -0.3 is 14.2 Å². The van der Waals surface area contributed by atoms with Crippen molar-refractivity contribution in [3.63, 3.8) is 0 Å². The van der Waals surface area contributed by atoms with Gasteiger partial charge in [0.1, 0.15) is 12.4 Å². The van der Waals surface area contributed by atoms with Gasteiger partial charge in [-0.1, -0.05) is 72.3 Å². The van der Waals surface area contributed by atoms with E-state index in [0.717, 1.165) is 28.0 Å². The Balaban J connectivity index is 1.69. The summed E-state index contributed by atoms with van der Waals surface area (Å²) >= 11 is 6.45. The Labute approximate surface area is 194 Å². The van der Waals surface area contributed by atoms with Gasteiger partial charge in [-0.3, -0.25) is 0 Å². The number of rotatable bonds is 10. The molecule has 0 aromatic heterocycles. The summed E-state index contributed by atoms with van der Waals surface area (Å²) in [6.07, 6.45) is 1.86. The van der Waals surface area contributed by atoms with Crippen molar-refractivity contribution in [2.24, 2.45) is 0 Å². The molecule has 0 amide bonds. The molecule has 0 saturated heterocycles. The quantitative estimate of drug-likeness (QED) is 0.357. The third kappa shape index (κ3) is 6.46. The van der Waals surface area contributed by atoms with Crippen molar-refractivity contribution in [2.45, 2.75) is 19.4 Å². The van der Waals surface area contributed by atoms with Crippen molar-refractivity contribution in [1.29, 1.82) is 0 Å². The summed E-state index contributed by atoms with van der Waals surface area (Å²) in [6.45, 7) is 2.50. The molecule has 4 nitrogen and oxygen atoms in total. The summed E-state index contributed by atoms with van der Waals surface area (Å²) < 4.78 is 16.3. The lowest BCUT2D eigenvalue weighted by molar-refractivity contribution is -0.154. The first-order valence-electron chi connectivity index (χ1n) is 10.5. The first-order valence-corrected chi connectivity index (χ1v) is 10.9. The van der Waals surface area contributed by atoms with Gasteiger partial charge in [-0.25, -0.2) is 4.79 Å². The lowest BCUT2D eigenvalue weighted by Crippen LogP contribution is -2.27. The second-order valence-corrected chi connectivity index (χ2v) is 7.51. The van der Waals surface area contributed by atoms with Gasteiger partial charge in [-0.05, 0) is 47.9 Å². The summed E-state index contributed by atoms with van der Waals surface area (Å²) in [5.41, 5.74) is 4.02. The maximum Gasteiger partial charge on any atom is 0.335 e. The molecule has 0 spiro atoms. The highest BCUT2D eigenvalue weighted by molar-refractivity contribution is 6.32. The van der Waals surface area contributed by atoms with E-state index in [0.29, 0.717) is 24.7 Å².